The lowest BCUT2D eigenvalue weighted by atomic mass is 10.0. The van der Waals surface area contributed by atoms with Crippen molar-refractivity contribution in [3.63, 3.8) is 0 Å². The maximum Gasteiger partial charge on any atom is 0.249 e. The van der Waals surface area contributed by atoms with E-state index in [4.69, 9.17) is 0 Å². The molecule has 22 heavy (non-hydrogen) atoms. The molecule has 0 spiro atoms. The first-order chi connectivity index (χ1) is 10.6. The Bertz CT molecular complexity index is 955. The van der Waals surface area contributed by atoms with E-state index in [1.54, 1.807) is 12.3 Å². The van der Waals surface area contributed by atoms with Crippen LogP contribution >= 0.6 is 0 Å². The summed E-state index contributed by atoms with van der Waals surface area (Å²) in [6.45, 7) is 0.242. The fourth-order valence-electron chi connectivity index (χ4n) is 2.32. The number of pyridine rings is 2. The molecule has 3 aromatic rings. The van der Waals surface area contributed by atoms with Gasteiger partial charge in [-0.2, -0.15) is 0 Å². The van der Waals surface area contributed by atoms with Crippen LogP contribution in [-0.4, -0.2) is 18.4 Å². The molecule has 0 unspecified atom stereocenters. The topological polar surface area (TPSA) is 91.9 Å². The predicted molar refractivity (Wildman–Crippen MR) is 85.0 cm³/mol. The molecule has 112 valence electrons. The molecule has 0 aliphatic carbocycles. The highest BCUT2D eigenvalue weighted by Crippen LogP contribution is 2.26. The van der Waals surface area contributed by atoms with Crippen molar-refractivity contribution in [1.29, 1.82) is 0 Å². The number of hydrogen-bond acceptors (Lipinski definition) is 4. The van der Waals surface area contributed by atoms with E-state index in [2.05, 4.69) is 14.7 Å². The minimum absolute atomic E-state index is 0.200. The molecule has 0 atom stereocenters. The third-order valence-corrected chi connectivity index (χ3v) is 3.70. The lowest BCUT2D eigenvalue weighted by Gasteiger charge is -2.08. The van der Waals surface area contributed by atoms with E-state index in [9.17, 15) is 13.2 Å². The molecule has 0 amide bonds. The normalized spacial score (nSPS) is 11.1. The quantitative estimate of drug-likeness (QED) is 0.631. The van der Waals surface area contributed by atoms with Crippen LogP contribution in [0.25, 0.3) is 22.2 Å². The van der Waals surface area contributed by atoms with Crippen LogP contribution in [0.4, 0.5) is 0 Å². The van der Waals surface area contributed by atoms with Gasteiger partial charge < -0.3 is 4.98 Å². The van der Waals surface area contributed by atoms with Crippen molar-refractivity contribution in [2.45, 2.75) is 6.54 Å². The van der Waals surface area contributed by atoms with Crippen LogP contribution in [0.2, 0.25) is 0 Å². The Kier molecular flexibility index (Phi) is 3.99. The molecule has 1 aromatic carbocycles. The first-order valence-corrected chi connectivity index (χ1v) is 7.76. The second-order valence-corrected chi connectivity index (χ2v) is 5.57. The Morgan fingerprint density at radius 2 is 2.00 bits per heavy atom. The first kappa shape index (κ1) is 14.4. The predicted octanol–water partition coefficient (Wildman–Crippen LogP) is 1.21. The average Bonchev–Trinajstić information content (AvgIpc) is 2.52. The molecule has 3 rings (SSSR count). The summed E-state index contributed by atoms with van der Waals surface area (Å²) in [5.74, 6) is 0. The molecule has 2 heterocycles. The Hall–Kier alpha value is -2.51. The third kappa shape index (κ3) is 3.05. The summed E-state index contributed by atoms with van der Waals surface area (Å²) in [4.78, 5) is 18.2. The summed E-state index contributed by atoms with van der Waals surface area (Å²) < 4.78 is 23.6. The van der Waals surface area contributed by atoms with Crippen LogP contribution < -0.4 is 10.3 Å². The molecule has 6 nitrogen and oxygen atoms in total. The summed E-state index contributed by atoms with van der Waals surface area (Å²) in [6, 6.07) is 12.6. The molecular weight excluding hydrogens is 302 g/mol. The average molecular weight is 315 g/mol. The molecule has 0 radical (unpaired) electrons. The Morgan fingerprint density at radius 1 is 1.14 bits per heavy atom. The van der Waals surface area contributed by atoms with Crippen molar-refractivity contribution in [2.75, 3.05) is 0 Å². The van der Waals surface area contributed by atoms with E-state index in [0.717, 1.165) is 22.1 Å². The third-order valence-electron chi connectivity index (χ3n) is 3.28. The Labute approximate surface area is 127 Å². The zero-order chi connectivity index (χ0) is 15.5. The van der Waals surface area contributed by atoms with Gasteiger partial charge in [-0.15, -0.1) is 0 Å². The fourth-order valence-corrected chi connectivity index (χ4v) is 2.63. The van der Waals surface area contributed by atoms with E-state index in [-0.39, 0.29) is 12.1 Å². The summed E-state index contributed by atoms with van der Waals surface area (Å²) in [6.07, 6.45) is 1.63. The van der Waals surface area contributed by atoms with Crippen LogP contribution in [0.5, 0.6) is 0 Å². The summed E-state index contributed by atoms with van der Waals surface area (Å²) in [5, 5.41) is 0.835. The van der Waals surface area contributed by atoms with Gasteiger partial charge in [-0.1, -0.05) is 18.2 Å². The lowest BCUT2D eigenvalue weighted by Crippen LogP contribution is -2.10. The minimum Gasteiger partial charge on any atom is -0.307 e. The van der Waals surface area contributed by atoms with Gasteiger partial charge in [0.15, 0.2) is 0 Å². The number of thiol groups is 1. The highest BCUT2D eigenvalue weighted by molar-refractivity contribution is 7.70. The molecule has 2 N–H and O–H groups in total. The molecule has 2 aromatic heterocycles. The van der Waals surface area contributed by atoms with Crippen molar-refractivity contribution < 1.29 is 8.42 Å². The highest BCUT2D eigenvalue weighted by Gasteiger charge is 2.06. The van der Waals surface area contributed by atoms with Gasteiger partial charge in [-0.05, 0) is 34.9 Å². The lowest BCUT2D eigenvalue weighted by molar-refractivity contribution is 0.601. The standard InChI is InChI=1S/C15H13N3O3S/c19-14-5-4-13-12(6-7-16-15(13)18-14)11-3-1-2-10(8-11)9-17-22(20)21/h1-8,22H,9H2,(H,16,18,19)(H,17,20,21). The van der Waals surface area contributed by atoms with Gasteiger partial charge in [0.25, 0.3) is 0 Å². The van der Waals surface area contributed by atoms with Gasteiger partial charge >= 0.3 is 0 Å². The van der Waals surface area contributed by atoms with Crippen LogP contribution in [0.15, 0.2) is 53.5 Å². The zero-order valence-corrected chi connectivity index (χ0v) is 12.3. The number of nitrogens with zero attached hydrogens (tertiary/aromatic N) is 1. The number of aromatic nitrogens is 2. The molecule has 0 saturated heterocycles. The highest BCUT2D eigenvalue weighted by atomic mass is 32.2. The van der Waals surface area contributed by atoms with Crippen molar-refractivity contribution in [3.8, 4) is 11.1 Å². The summed E-state index contributed by atoms with van der Waals surface area (Å²) in [7, 11) is -2.62. The van der Waals surface area contributed by atoms with Gasteiger partial charge in [0.05, 0.1) is 0 Å². The molecule has 7 heteroatoms. The Morgan fingerprint density at radius 3 is 2.82 bits per heavy atom. The minimum atomic E-state index is -2.62. The first-order valence-electron chi connectivity index (χ1n) is 6.59. The summed E-state index contributed by atoms with van der Waals surface area (Å²) >= 11 is 0. The monoisotopic (exact) mass is 315 g/mol. The second kappa shape index (κ2) is 6.08. The van der Waals surface area contributed by atoms with E-state index >= 15 is 0 Å². The largest absolute Gasteiger partial charge is 0.307 e. The van der Waals surface area contributed by atoms with Crippen LogP contribution in [0, 0.1) is 0 Å². The van der Waals surface area contributed by atoms with Crippen molar-refractivity contribution >= 4 is 21.9 Å². The van der Waals surface area contributed by atoms with Gasteiger partial charge in [0.1, 0.15) is 5.65 Å². The van der Waals surface area contributed by atoms with Gasteiger partial charge in [-0.3, -0.25) is 4.79 Å². The number of rotatable bonds is 4. The van der Waals surface area contributed by atoms with Crippen molar-refractivity contribution in [3.05, 3.63) is 64.6 Å². The van der Waals surface area contributed by atoms with Crippen LogP contribution in [0.3, 0.4) is 0 Å². The van der Waals surface area contributed by atoms with Crippen LogP contribution in [-0.2, 0) is 17.4 Å². The number of fused-ring (bicyclic) bond motifs is 1. The van der Waals surface area contributed by atoms with Crippen LogP contribution in [0.1, 0.15) is 5.56 Å². The van der Waals surface area contributed by atoms with E-state index in [1.165, 1.54) is 6.07 Å². The fraction of sp³-hybridized carbons (Fsp3) is 0.0667. The van der Waals surface area contributed by atoms with E-state index < -0.39 is 10.9 Å². The molecule has 0 bridgehead atoms. The number of aromatic amines is 1. The van der Waals surface area contributed by atoms with E-state index in [1.807, 2.05) is 30.3 Å². The zero-order valence-electron chi connectivity index (χ0n) is 11.4. The van der Waals surface area contributed by atoms with Gasteiger partial charge in [-0.25, -0.2) is 18.1 Å². The van der Waals surface area contributed by atoms with Gasteiger partial charge in [0.2, 0.25) is 16.4 Å². The number of nitrogens with one attached hydrogen (secondary N) is 2. The molecule has 0 saturated carbocycles. The van der Waals surface area contributed by atoms with Crippen molar-refractivity contribution in [2.24, 2.45) is 0 Å². The molecule has 0 aliphatic heterocycles. The SMILES string of the molecule is O=c1ccc2c(-c3cccc(CN[SH](=O)=O)c3)ccnc2[nH]1. The number of benzene rings is 1. The molecule has 0 fully saturated rings. The maximum absolute atomic E-state index is 11.4. The maximum atomic E-state index is 11.4. The summed E-state index contributed by atoms with van der Waals surface area (Å²) in [5.41, 5.74) is 3.03. The number of H-pyrrole nitrogens is 1. The molecule has 0 aliphatic rings. The second-order valence-electron chi connectivity index (χ2n) is 4.74. The smallest absolute Gasteiger partial charge is 0.249 e. The van der Waals surface area contributed by atoms with Gasteiger partial charge in [0, 0.05) is 24.2 Å². The number of hydrogen-bond donors (Lipinski definition) is 3. The van der Waals surface area contributed by atoms with Crippen molar-refractivity contribution in [1.82, 2.24) is 14.7 Å². The van der Waals surface area contributed by atoms with E-state index in [0.29, 0.717) is 5.65 Å². The molecular formula is C15H13N3O3S. The Balaban J connectivity index is 2.07.